The molecule has 2 aromatic carbocycles. The summed E-state index contributed by atoms with van der Waals surface area (Å²) >= 11 is 0. The van der Waals surface area contributed by atoms with E-state index in [1.807, 2.05) is 51.1 Å². The molecule has 166 valence electrons. The molecule has 3 rings (SSSR count). The summed E-state index contributed by atoms with van der Waals surface area (Å²) in [6.07, 6.45) is 3.64. The molecule has 0 aromatic heterocycles. The molecule has 2 aromatic rings. The first kappa shape index (κ1) is 23.2. The van der Waals surface area contributed by atoms with Crippen molar-refractivity contribution in [1.82, 2.24) is 4.31 Å². The van der Waals surface area contributed by atoms with E-state index in [2.05, 4.69) is 0 Å². The Bertz CT molecular complexity index is 1070. The van der Waals surface area contributed by atoms with Crippen molar-refractivity contribution >= 4 is 21.6 Å². The van der Waals surface area contributed by atoms with Gasteiger partial charge in [0.25, 0.3) is 0 Å². The molecule has 0 fully saturated rings. The number of carbonyl (C=O) groups excluding carboxylic acids is 1. The van der Waals surface area contributed by atoms with E-state index in [0.29, 0.717) is 13.0 Å². The van der Waals surface area contributed by atoms with Crippen LogP contribution in [0.5, 0.6) is 0 Å². The number of benzene rings is 2. The summed E-state index contributed by atoms with van der Waals surface area (Å²) in [6.45, 7) is 6.09. The second kappa shape index (κ2) is 9.32. The number of carbonyl (C=O) groups is 1. The van der Waals surface area contributed by atoms with Gasteiger partial charge in [0.1, 0.15) is 11.4 Å². The molecule has 1 heterocycles. The van der Waals surface area contributed by atoms with Crippen molar-refractivity contribution < 1.29 is 22.3 Å². The molecule has 0 radical (unpaired) electrons. The maximum Gasteiger partial charge on any atom is 0.310 e. The lowest BCUT2D eigenvalue weighted by molar-refractivity contribution is -0.153. The van der Waals surface area contributed by atoms with E-state index in [-0.39, 0.29) is 23.8 Å². The summed E-state index contributed by atoms with van der Waals surface area (Å²) in [7, 11) is -3.74. The molecule has 0 spiro atoms. The smallest absolute Gasteiger partial charge is 0.310 e. The fourth-order valence-corrected chi connectivity index (χ4v) is 4.93. The lowest BCUT2D eigenvalue weighted by Gasteiger charge is -2.22. The zero-order valence-corrected chi connectivity index (χ0v) is 18.9. The Hall–Kier alpha value is -2.51. The molecular formula is C24H28FNO4S. The molecule has 31 heavy (non-hydrogen) atoms. The summed E-state index contributed by atoms with van der Waals surface area (Å²) in [6, 6.07) is 12.4. The topological polar surface area (TPSA) is 63.7 Å². The van der Waals surface area contributed by atoms with Gasteiger partial charge in [-0.05, 0) is 74.6 Å². The van der Waals surface area contributed by atoms with Crippen molar-refractivity contribution in [3.8, 4) is 0 Å². The van der Waals surface area contributed by atoms with Gasteiger partial charge in [-0.2, -0.15) is 4.31 Å². The third kappa shape index (κ3) is 6.24. The zero-order valence-electron chi connectivity index (χ0n) is 18.1. The van der Waals surface area contributed by atoms with E-state index >= 15 is 0 Å². The van der Waals surface area contributed by atoms with Crippen LogP contribution in [-0.4, -0.2) is 37.4 Å². The van der Waals surface area contributed by atoms with Crippen LogP contribution in [0.2, 0.25) is 0 Å². The molecule has 0 aliphatic carbocycles. The second-order valence-corrected chi connectivity index (χ2v) is 10.6. The molecule has 0 saturated carbocycles. The van der Waals surface area contributed by atoms with E-state index in [1.54, 1.807) is 0 Å². The highest BCUT2D eigenvalue weighted by atomic mass is 32.2. The van der Waals surface area contributed by atoms with Crippen molar-refractivity contribution in [3.05, 3.63) is 71.6 Å². The number of esters is 1. The van der Waals surface area contributed by atoms with E-state index in [1.165, 1.54) is 16.4 Å². The van der Waals surface area contributed by atoms with Crippen LogP contribution in [0.3, 0.4) is 0 Å². The van der Waals surface area contributed by atoms with Crippen LogP contribution in [0.1, 0.15) is 44.7 Å². The first-order chi connectivity index (χ1) is 14.5. The van der Waals surface area contributed by atoms with Gasteiger partial charge in [0.15, 0.2) is 0 Å². The van der Waals surface area contributed by atoms with Crippen LogP contribution in [0.15, 0.2) is 59.5 Å². The highest BCUT2D eigenvalue weighted by Crippen LogP contribution is 2.26. The number of allylic oxidation sites excluding steroid dienone is 1. The summed E-state index contributed by atoms with van der Waals surface area (Å²) in [5.74, 6) is -0.780. The number of ether oxygens (including phenoxy) is 1. The minimum Gasteiger partial charge on any atom is -0.460 e. The fraction of sp³-hybridized carbons (Fsp3) is 0.375. The van der Waals surface area contributed by atoms with Gasteiger partial charge in [0, 0.05) is 13.1 Å². The van der Waals surface area contributed by atoms with Gasteiger partial charge in [-0.25, -0.2) is 12.8 Å². The normalized spacial score (nSPS) is 15.8. The van der Waals surface area contributed by atoms with Gasteiger partial charge in [-0.15, -0.1) is 0 Å². The molecule has 0 unspecified atom stereocenters. The molecule has 0 atom stereocenters. The predicted molar refractivity (Wildman–Crippen MR) is 118 cm³/mol. The SMILES string of the molecule is CC(C)(C)OC(=O)Cc1cccc(C2=CCCCN(S(=O)(=O)c3ccc(F)cc3)C2)c1. The van der Waals surface area contributed by atoms with Crippen LogP contribution in [0.25, 0.3) is 5.57 Å². The van der Waals surface area contributed by atoms with Crippen LogP contribution >= 0.6 is 0 Å². The Labute approximate surface area is 183 Å². The molecule has 0 saturated heterocycles. The zero-order chi connectivity index (χ0) is 22.6. The average molecular weight is 446 g/mol. The predicted octanol–water partition coefficient (Wildman–Crippen LogP) is 4.58. The Kier molecular flexibility index (Phi) is 6.96. The number of hydrogen-bond donors (Lipinski definition) is 0. The van der Waals surface area contributed by atoms with Gasteiger partial charge in [-0.3, -0.25) is 4.79 Å². The van der Waals surface area contributed by atoms with E-state index in [9.17, 15) is 17.6 Å². The average Bonchev–Trinajstić information content (AvgIpc) is 2.94. The van der Waals surface area contributed by atoms with Crippen molar-refractivity contribution in [2.75, 3.05) is 13.1 Å². The lowest BCUT2D eigenvalue weighted by atomic mass is 10.0. The van der Waals surface area contributed by atoms with Crippen LogP contribution < -0.4 is 0 Å². The highest BCUT2D eigenvalue weighted by molar-refractivity contribution is 7.89. The van der Waals surface area contributed by atoms with Gasteiger partial charge in [0.05, 0.1) is 11.3 Å². The summed E-state index contributed by atoms with van der Waals surface area (Å²) in [4.78, 5) is 12.3. The molecule has 7 heteroatoms. The van der Waals surface area contributed by atoms with Crippen LogP contribution in [0.4, 0.5) is 4.39 Å². The van der Waals surface area contributed by atoms with Gasteiger partial charge >= 0.3 is 5.97 Å². The Morgan fingerprint density at radius 2 is 1.84 bits per heavy atom. The molecule has 0 N–H and O–H groups in total. The van der Waals surface area contributed by atoms with Crippen molar-refractivity contribution in [1.29, 1.82) is 0 Å². The Balaban J connectivity index is 1.80. The number of nitrogens with zero attached hydrogens (tertiary/aromatic N) is 1. The van der Waals surface area contributed by atoms with Crippen molar-refractivity contribution in [3.63, 3.8) is 0 Å². The Morgan fingerprint density at radius 3 is 2.52 bits per heavy atom. The van der Waals surface area contributed by atoms with Crippen LogP contribution in [-0.2, 0) is 26.0 Å². The second-order valence-electron chi connectivity index (χ2n) is 8.63. The molecule has 1 aliphatic rings. The molecule has 0 bridgehead atoms. The summed E-state index contributed by atoms with van der Waals surface area (Å²) in [5.41, 5.74) is 2.02. The fourth-order valence-electron chi connectivity index (χ4n) is 3.47. The van der Waals surface area contributed by atoms with Crippen molar-refractivity contribution in [2.24, 2.45) is 0 Å². The van der Waals surface area contributed by atoms with Crippen LogP contribution in [0, 0.1) is 5.82 Å². The third-order valence-electron chi connectivity index (χ3n) is 4.87. The Morgan fingerprint density at radius 1 is 1.13 bits per heavy atom. The van der Waals surface area contributed by atoms with E-state index < -0.39 is 21.4 Å². The summed E-state index contributed by atoms with van der Waals surface area (Å²) < 4.78 is 46.2. The number of sulfonamides is 1. The third-order valence-corrected chi connectivity index (χ3v) is 6.73. The number of hydrogen-bond acceptors (Lipinski definition) is 4. The lowest BCUT2D eigenvalue weighted by Crippen LogP contribution is -2.32. The van der Waals surface area contributed by atoms with E-state index in [0.717, 1.165) is 35.3 Å². The standard InChI is InChI=1S/C24H28FNO4S/c1-24(2,3)30-23(27)16-18-7-6-9-19(15-18)20-8-4-5-14-26(17-20)31(28,29)22-12-10-21(25)11-13-22/h6-13,15H,4-5,14,16-17H2,1-3H3. The monoisotopic (exact) mass is 445 g/mol. The maximum absolute atomic E-state index is 13.2. The molecule has 0 amide bonds. The molecular weight excluding hydrogens is 417 g/mol. The molecule has 5 nitrogen and oxygen atoms in total. The summed E-state index contributed by atoms with van der Waals surface area (Å²) in [5, 5.41) is 0. The quantitative estimate of drug-likeness (QED) is 0.632. The van der Waals surface area contributed by atoms with Gasteiger partial charge in [-0.1, -0.05) is 30.3 Å². The van der Waals surface area contributed by atoms with Gasteiger partial charge in [0.2, 0.25) is 10.0 Å². The minimum absolute atomic E-state index is 0.0776. The highest BCUT2D eigenvalue weighted by Gasteiger charge is 2.27. The van der Waals surface area contributed by atoms with Crippen molar-refractivity contribution in [2.45, 2.75) is 50.5 Å². The first-order valence-corrected chi connectivity index (χ1v) is 11.7. The minimum atomic E-state index is -3.74. The van der Waals surface area contributed by atoms with E-state index in [4.69, 9.17) is 4.74 Å². The van der Waals surface area contributed by atoms with Gasteiger partial charge < -0.3 is 4.74 Å². The number of rotatable bonds is 5. The first-order valence-electron chi connectivity index (χ1n) is 10.3. The number of halogens is 1. The largest absolute Gasteiger partial charge is 0.460 e. The molecule has 1 aliphatic heterocycles. The maximum atomic E-state index is 13.2.